The fourth-order valence-electron chi connectivity index (χ4n) is 2.84. The second kappa shape index (κ2) is 9.06. The van der Waals surface area contributed by atoms with Gasteiger partial charge >= 0.3 is 0 Å². The van der Waals surface area contributed by atoms with Crippen LogP contribution in [0.5, 0.6) is 5.75 Å². The summed E-state index contributed by atoms with van der Waals surface area (Å²) in [4.78, 5) is 24.8. The van der Waals surface area contributed by atoms with Gasteiger partial charge in [-0.15, -0.1) is 0 Å². The summed E-state index contributed by atoms with van der Waals surface area (Å²) in [5.41, 5.74) is 3.75. The van der Waals surface area contributed by atoms with E-state index in [0.717, 1.165) is 11.1 Å². The third kappa shape index (κ3) is 5.23. The first kappa shape index (κ1) is 20.1. The van der Waals surface area contributed by atoms with Crippen molar-refractivity contribution in [2.24, 2.45) is 0 Å². The van der Waals surface area contributed by atoms with Gasteiger partial charge in [0.05, 0.1) is 0 Å². The Morgan fingerprint density at radius 3 is 2.21 bits per heavy atom. The van der Waals surface area contributed by atoms with Crippen molar-refractivity contribution < 1.29 is 14.3 Å². The Kier molecular flexibility index (Phi) is 6.29. The quantitative estimate of drug-likeness (QED) is 0.627. The summed E-state index contributed by atoms with van der Waals surface area (Å²) >= 11 is 0. The first-order valence-electron chi connectivity index (χ1n) is 9.44. The number of carbonyl (C=O) groups excluding carboxylic acids is 2. The maximum Gasteiger partial charge on any atom is 0.265 e. The highest BCUT2D eigenvalue weighted by Gasteiger charge is 2.16. The van der Waals surface area contributed by atoms with Gasteiger partial charge in [-0.2, -0.15) is 0 Å². The maximum atomic E-state index is 12.5. The Morgan fingerprint density at radius 1 is 0.828 bits per heavy atom. The number of nitrogens with one attached hydrogen (secondary N) is 2. The number of amides is 2. The van der Waals surface area contributed by atoms with Crippen LogP contribution in [-0.2, 0) is 4.79 Å². The fraction of sp³-hybridized carbons (Fsp3) is 0.167. The maximum absolute atomic E-state index is 12.5. The van der Waals surface area contributed by atoms with Crippen LogP contribution in [0.2, 0.25) is 0 Å². The third-order valence-corrected chi connectivity index (χ3v) is 4.54. The summed E-state index contributed by atoms with van der Waals surface area (Å²) in [6.45, 7) is 5.53. The standard InChI is InChI=1S/C24H24N2O3/c1-16-9-7-8-12-22(16)29-18(3)23(27)25-20-13-14-21(17(2)15-20)26-24(28)19-10-5-4-6-11-19/h4-15,18H,1-3H3,(H,25,27)(H,26,28). The SMILES string of the molecule is Cc1cc(NC(=O)C(C)Oc2ccccc2C)ccc1NC(=O)c1ccccc1. The molecule has 2 N–H and O–H groups in total. The molecule has 0 aromatic heterocycles. The number of ether oxygens (including phenoxy) is 1. The van der Waals surface area contributed by atoms with E-state index in [9.17, 15) is 9.59 Å². The van der Waals surface area contributed by atoms with Gasteiger partial charge in [-0.3, -0.25) is 9.59 Å². The Bertz CT molecular complexity index is 1020. The van der Waals surface area contributed by atoms with Crippen molar-refractivity contribution in [2.75, 3.05) is 10.6 Å². The van der Waals surface area contributed by atoms with Gasteiger partial charge in [0.15, 0.2) is 6.10 Å². The number of rotatable bonds is 6. The van der Waals surface area contributed by atoms with Gasteiger partial charge in [-0.25, -0.2) is 0 Å². The topological polar surface area (TPSA) is 67.4 Å². The average molecular weight is 388 g/mol. The zero-order valence-electron chi connectivity index (χ0n) is 16.7. The van der Waals surface area contributed by atoms with Gasteiger partial charge in [-0.05, 0) is 68.3 Å². The van der Waals surface area contributed by atoms with Crippen molar-refractivity contribution in [2.45, 2.75) is 26.9 Å². The van der Waals surface area contributed by atoms with Crippen molar-refractivity contribution in [3.05, 3.63) is 89.5 Å². The van der Waals surface area contributed by atoms with Crippen molar-refractivity contribution in [3.8, 4) is 5.75 Å². The molecule has 3 aromatic carbocycles. The predicted octanol–water partition coefficient (Wildman–Crippen LogP) is 4.96. The van der Waals surface area contributed by atoms with Crippen LogP contribution in [0.25, 0.3) is 0 Å². The van der Waals surface area contributed by atoms with E-state index in [-0.39, 0.29) is 11.8 Å². The lowest BCUT2D eigenvalue weighted by atomic mass is 10.1. The molecule has 0 aliphatic heterocycles. The first-order valence-corrected chi connectivity index (χ1v) is 9.44. The second-order valence-corrected chi connectivity index (χ2v) is 6.86. The lowest BCUT2D eigenvalue weighted by Gasteiger charge is -2.17. The first-order chi connectivity index (χ1) is 13.9. The summed E-state index contributed by atoms with van der Waals surface area (Å²) in [6, 6.07) is 21.9. The molecule has 148 valence electrons. The van der Waals surface area contributed by atoms with Crippen molar-refractivity contribution in [3.63, 3.8) is 0 Å². The molecule has 0 spiro atoms. The zero-order chi connectivity index (χ0) is 20.8. The molecular formula is C24H24N2O3. The number of benzene rings is 3. The van der Waals surface area contributed by atoms with E-state index in [2.05, 4.69) is 10.6 Å². The number of anilines is 2. The average Bonchev–Trinajstić information content (AvgIpc) is 2.72. The summed E-state index contributed by atoms with van der Waals surface area (Å²) in [7, 11) is 0. The van der Waals surface area contributed by atoms with E-state index in [1.807, 2.05) is 62.4 Å². The molecule has 5 nitrogen and oxygen atoms in total. The summed E-state index contributed by atoms with van der Waals surface area (Å²) in [5, 5.41) is 5.75. The smallest absolute Gasteiger partial charge is 0.265 e. The molecule has 3 rings (SSSR count). The highest BCUT2D eigenvalue weighted by atomic mass is 16.5. The van der Waals surface area contributed by atoms with Crippen LogP contribution < -0.4 is 15.4 Å². The van der Waals surface area contributed by atoms with Crippen LogP contribution in [0.3, 0.4) is 0 Å². The lowest BCUT2D eigenvalue weighted by molar-refractivity contribution is -0.122. The minimum atomic E-state index is -0.645. The molecular weight excluding hydrogens is 364 g/mol. The molecule has 3 aromatic rings. The molecule has 0 radical (unpaired) electrons. The normalized spacial score (nSPS) is 11.4. The molecule has 0 saturated carbocycles. The van der Waals surface area contributed by atoms with Gasteiger partial charge < -0.3 is 15.4 Å². The van der Waals surface area contributed by atoms with E-state index in [0.29, 0.717) is 22.7 Å². The molecule has 2 amide bonds. The Labute approximate surface area is 170 Å². The van der Waals surface area contributed by atoms with E-state index in [1.54, 1.807) is 31.2 Å². The van der Waals surface area contributed by atoms with Gasteiger partial charge in [0.2, 0.25) is 0 Å². The Hall–Kier alpha value is -3.60. The third-order valence-electron chi connectivity index (χ3n) is 4.54. The van der Waals surface area contributed by atoms with Gasteiger partial charge in [0.25, 0.3) is 11.8 Å². The summed E-state index contributed by atoms with van der Waals surface area (Å²) in [6.07, 6.45) is -0.645. The predicted molar refractivity (Wildman–Crippen MR) is 115 cm³/mol. The molecule has 1 unspecified atom stereocenters. The van der Waals surface area contributed by atoms with Crippen LogP contribution in [0.15, 0.2) is 72.8 Å². The molecule has 0 aliphatic rings. The van der Waals surface area contributed by atoms with Gasteiger partial charge in [0.1, 0.15) is 5.75 Å². The number of carbonyl (C=O) groups is 2. The summed E-state index contributed by atoms with van der Waals surface area (Å²) < 4.78 is 5.77. The van der Waals surface area contributed by atoms with E-state index in [4.69, 9.17) is 4.74 Å². The van der Waals surface area contributed by atoms with Crippen LogP contribution >= 0.6 is 0 Å². The van der Waals surface area contributed by atoms with Gasteiger partial charge in [-0.1, -0.05) is 36.4 Å². The van der Waals surface area contributed by atoms with Crippen LogP contribution in [0, 0.1) is 13.8 Å². The molecule has 0 heterocycles. The Morgan fingerprint density at radius 2 is 1.52 bits per heavy atom. The number of aryl methyl sites for hydroxylation is 2. The summed E-state index contributed by atoms with van der Waals surface area (Å²) in [5.74, 6) is 0.268. The van der Waals surface area contributed by atoms with Crippen LogP contribution in [0.1, 0.15) is 28.4 Å². The minimum Gasteiger partial charge on any atom is -0.481 e. The molecule has 0 fully saturated rings. The Balaban J connectivity index is 1.63. The molecule has 29 heavy (non-hydrogen) atoms. The van der Waals surface area contributed by atoms with E-state index < -0.39 is 6.10 Å². The van der Waals surface area contributed by atoms with Crippen molar-refractivity contribution in [1.29, 1.82) is 0 Å². The molecule has 0 saturated heterocycles. The van der Waals surface area contributed by atoms with E-state index in [1.165, 1.54) is 0 Å². The lowest BCUT2D eigenvalue weighted by Crippen LogP contribution is -2.30. The van der Waals surface area contributed by atoms with Crippen molar-refractivity contribution >= 4 is 23.2 Å². The minimum absolute atomic E-state index is 0.175. The fourth-order valence-corrected chi connectivity index (χ4v) is 2.84. The molecule has 0 bridgehead atoms. The largest absolute Gasteiger partial charge is 0.481 e. The molecule has 5 heteroatoms. The van der Waals surface area contributed by atoms with Crippen LogP contribution in [-0.4, -0.2) is 17.9 Å². The number of hydrogen-bond acceptors (Lipinski definition) is 3. The highest BCUT2D eigenvalue weighted by Crippen LogP contribution is 2.22. The zero-order valence-corrected chi connectivity index (χ0v) is 16.7. The highest BCUT2D eigenvalue weighted by molar-refractivity contribution is 6.04. The second-order valence-electron chi connectivity index (χ2n) is 6.86. The monoisotopic (exact) mass is 388 g/mol. The number of para-hydroxylation sites is 1. The van der Waals surface area contributed by atoms with E-state index >= 15 is 0 Å². The van der Waals surface area contributed by atoms with Crippen molar-refractivity contribution in [1.82, 2.24) is 0 Å². The molecule has 1 atom stereocenters. The molecule has 0 aliphatic carbocycles. The van der Waals surface area contributed by atoms with Gasteiger partial charge in [0, 0.05) is 16.9 Å². The number of hydrogen-bond donors (Lipinski definition) is 2. The van der Waals surface area contributed by atoms with Crippen LogP contribution in [0.4, 0.5) is 11.4 Å².